The number of hydrogen-bond acceptors (Lipinski definition) is 3. The molecule has 1 heterocycles. The van der Waals surface area contributed by atoms with Gasteiger partial charge in [0, 0.05) is 19.4 Å². The Kier molecular flexibility index (Phi) is 7.41. The Balaban J connectivity index is 1.94. The van der Waals surface area contributed by atoms with Gasteiger partial charge in [0.05, 0.1) is 0 Å². The molecule has 0 unspecified atom stereocenters. The molecule has 5 nitrogen and oxygen atoms in total. The maximum atomic E-state index is 11.6. The summed E-state index contributed by atoms with van der Waals surface area (Å²) in [5, 5.41) is 6.21. The second-order valence-corrected chi connectivity index (χ2v) is 5.01. The molecule has 18 heavy (non-hydrogen) atoms. The highest BCUT2D eigenvalue weighted by Gasteiger charge is 2.14. The van der Waals surface area contributed by atoms with Crippen molar-refractivity contribution in [3.8, 4) is 0 Å². The first-order valence-corrected chi connectivity index (χ1v) is 6.94. The first-order valence-electron chi connectivity index (χ1n) is 6.94. The highest BCUT2D eigenvalue weighted by Crippen LogP contribution is 2.17. The molecule has 0 bridgehead atoms. The number of carbonyl (C=O) groups excluding carboxylic acids is 2. The highest BCUT2D eigenvalue weighted by atomic mass is 16.1. The summed E-state index contributed by atoms with van der Waals surface area (Å²) in [7, 11) is 0. The summed E-state index contributed by atoms with van der Waals surface area (Å²) >= 11 is 0. The van der Waals surface area contributed by atoms with Gasteiger partial charge in [-0.2, -0.15) is 0 Å². The van der Waals surface area contributed by atoms with Gasteiger partial charge in [0.1, 0.15) is 0 Å². The smallest absolute Gasteiger partial charge is 0.220 e. The molecule has 1 rings (SSSR count). The number of nitrogens with one attached hydrogen (secondary N) is 2. The van der Waals surface area contributed by atoms with Crippen LogP contribution in [0, 0.1) is 5.92 Å². The molecule has 0 atom stereocenters. The fourth-order valence-electron chi connectivity index (χ4n) is 2.25. The van der Waals surface area contributed by atoms with Crippen LogP contribution in [0.3, 0.4) is 0 Å². The van der Waals surface area contributed by atoms with E-state index in [2.05, 4.69) is 10.6 Å². The minimum Gasteiger partial charge on any atom is -0.370 e. The van der Waals surface area contributed by atoms with E-state index in [1.165, 1.54) is 12.8 Å². The molecular formula is C13H25N3O2. The Morgan fingerprint density at radius 2 is 1.89 bits per heavy atom. The van der Waals surface area contributed by atoms with E-state index in [1.54, 1.807) is 0 Å². The van der Waals surface area contributed by atoms with Gasteiger partial charge in [0.25, 0.3) is 0 Å². The lowest BCUT2D eigenvalue weighted by atomic mass is 9.93. The van der Waals surface area contributed by atoms with Crippen molar-refractivity contribution >= 4 is 11.8 Å². The van der Waals surface area contributed by atoms with Crippen LogP contribution in [0.2, 0.25) is 0 Å². The zero-order valence-corrected chi connectivity index (χ0v) is 11.0. The predicted octanol–water partition coefficient (Wildman–Crippen LogP) is 0.538. The molecule has 104 valence electrons. The largest absolute Gasteiger partial charge is 0.370 e. The van der Waals surface area contributed by atoms with Gasteiger partial charge >= 0.3 is 0 Å². The normalized spacial score (nSPS) is 16.4. The third-order valence-electron chi connectivity index (χ3n) is 3.41. The lowest BCUT2D eigenvalue weighted by Gasteiger charge is -2.22. The third-order valence-corrected chi connectivity index (χ3v) is 3.41. The number of hydrogen-bond donors (Lipinski definition) is 3. The van der Waals surface area contributed by atoms with Gasteiger partial charge in [-0.25, -0.2) is 0 Å². The molecule has 1 saturated heterocycles. The van der Waals surface area contributed by atoms with Crippen molar-refractivity contribution in [1.29, 1.82) is 0 Å². The van der Waals surface area contributed by atoms with E-state index in [0.29, 0.717) is 25.3 Å². The van der Waals surface area contributed by atoms with Gasteiger partial charge in [-0.1, -0.05) is 0 Å². The van der Waals surface area contributed by atoms with Crippen molar-refractivity contribution in [3.05, 3.63) is 0 Å². The SMILES string of the molecule is NC(=O)CCCCNC(=O)CCC1CCNCC1. The molecule has 0 aromatic carbocycles. The molecule has 0 radical (unpaired) electrons. The van der Waals surface area contributed by atoms with Gasteiger partial charge < -0.3 is 16.4 Å². The summed E-state index contributed by atoms with van der Waals surface area (Å²) in [6, 6.07) is 0. The minimum absolute atomic E-state index is 0.132. The van der Waals surface area contributed by atoms with Crippen molar-refractivity contribution in [2.45, 2.75) is 44.9 Å². The van der Waals surface area contributed by atoms with Crippen LogP contribution in [0.25, 0.3) is 0 Å². The van der Waals surface area contributed by atoms with Crippen LogP contribution in [0.5, 0.6) is 0 Å². The molecule has 2 amide bonds. The Hall–Kier alpha value is -1.10. The van der Waals surface area contributed by atoms with Gasteiger partial charge in [0.2, 0.25) is 11.8 Å². The maximum Gasteiger partial charge on any atom is 0.220 e. The first-order chi connectivity index (χ1) is 8.68. The molecule has 5 heteroatoms. The average Bonchev–Trinajstić information content (AvgIpc) is 2.37. The predicted molar refractivity (Wildman–Crippen MR) is 70.9 cm³/mol. The monoisotopic (exact) mass is 255 g/mol. The number of unbranched alkanes of at least 4 members (excludes halogenated alkanes) is 1. The van der Waals surface area contributed by atoms with E-state index in [9.17, 15) is 9.59 Å². The topological polar surface area (TPSA) is 84.2 Å². The van der Waals surface area contributed by atoms with Crippen LogP contribution in [-0.4, -0.2) is 31.4 Å². The number of carbonyl (C=O) groups is 2. The van der Waals surface area contributed by atoms with Crippen LogP contribution in [0.1, 0.15) is 44.9 Å². The van der Waals surface area contributed by atoms with Gasteiger partial charge in [-0.3, -0.25) is 9.59 Å². The van der Waals surface area contributed by atoms with Crippen molar-refractivity contribution < 1.29 is 9.59 Å². The second-order valence-electron chi connectivity index (χ2n) is 5.01. The molecule has 1 aliphatic heterocycles. The summed E-state index contributed by atoms with van der Waals surface area (Å²) < 4.78 is 0. The molecule has 0 spiro atoms. The third kappa shape index (κ3) is 7.27. The molecule has 1 aliphatic rings. The van der Waals surface area contributed by atoms with Crippen LogP contribution < -0.4 is 16.4 Å². The zero-order valence-electron chi connectivity index (χ0n) is 11.0. The quantitative estimate of drug-likeness (QED) is 0.553. The van der Waals surface area contributed by atoms with Crippen LogP contribution >= 0.6 is 0 Å². The lowest BCUT2D eigenvalue weighted by Crippen LogP contribution is -2.29. The Labute approximate surface area is 109 Å². The molecule has 0 saturated carbocycles. The van der Waals surface area contributed by atoms with E-state index < -0.39 is 0 Å². The van der Waals surface area contributed by atoms with Crippen LogP contribution in [0.15, 0.2) is 0 Å². The molecule has 0 aromatic rings. The second kappa shape index (κ2) is 8.91. The summed E-state index contributed by atoms with van der Waals surface area (Å²) in [6.07, 6.45) is 5.98. The minimum atomic E-state index is -0.271. The van der Waals surface area contributed by atoms with Gasteiger partial charge in [-0.05, 0) is 51.1 Å². The summed E-state index contributed by atoms with van der Waals surface area (Å²) in [6.45, 7) is 2.82. The number of rotatable bonds is 8. The Morgan fingerprint density at radius 1 is 1.17 bits per heavy atom. The van der Waals surface area contributed by atoms with E-state index in [0.717, 1.165) is 32.4 Å². The standard InChI is InChI=1S/C13H25N3O2/c14-12(17)3-1-2-8-16-13(18)5-4-11-6-9-15-10-7-11/h11,15H,1-10H2,(H2,14,17)(H,16,18). The Morgan fingerprint density at radius 3 is 2.56 bits per heavy atom. The molecule has 0 aromatic heterocycles. The number of primary amides is 1. The molecule has 0 aliphatic carbocycles. The van der Waals surface area contributed by atoms with Crippen molar-refractivity contribution in [2.75, 3.05) is 19.6 Å². The highest BCUT2D eigenvalue weighted by molar-refractivity contribution is 5.75. The lowest BCUT2D eigenvalue weighted by molar-refractivity contribution is -0.121. The number of nitrogens with two attached hydrogens (primary N) is 1. The van der Waals surface area contributed by atoms with E-state index in [1.807, 2.05) is 0 Å². The fraction of sp³-hybridized carbons (Fsp3) is 0.846. The maximum absolute atomic E-state index is 11.6. The van der Waals surface area contributed by atoms with Crippen molar-refractivity contribution in [3.63, 3.8) is 0 Å². The molecular weight excluding hydrogens is 230 g/mol. The van der Waals surface area contributed by atoms with Crippen LogP contribution in [0.4, 0.5) is 0 Å². The van der Waals surface area contributed by atoms with Crippen LogP contribution in [-0.2, 0) is 9.59 Å². The number of piperidine rings is 1. The summed E-state index contributed by atoms with van der Waals surface area (Å²) in [5.74, 6) is 0.562. The van der Waals surface area contributed by atoms with Crippen molar-refractivity contribution in [2.24, 2.45) is 11.7 Å². The zero-order chi connectivity index (χ0) is 13.2. The van der Waals surface area contributed by atoms with Crippen molar-refractivity contribution in [1.82, 2.24) is 10.6 Å². The Bertz CT molecular complexity index is 263. The average molecular weight is 255 g/mol. The first kappa shape index (κ1) is 15.0. The molecule has 1 fully saturated rings. The van der Waals surface area contributed by atoms with Gasteiger partial charge in [-0.15, -0.1) is 0 Å². The summed E-state index contributed by atoms with van der Waals surface area (Å²) in [4.78, 5) is 22.1. The summed E-state index contributed by atoms with van der Waals surface area (Å²) in [5.41, 5.74) is 5.03. The fourth-order valence-corrected chi connectivity index (χ4v) is 2.25. The van der Waals surface area contributed by atoms with E-state index >= 15 is 0 Å². The van der Waals surface area contributed by atoms with Gasteiger partial charge in [0.15, 0.2) is 0 Å². The van der Waals surface area contributed by atoms with E-state index in [4.69, 9.17) is 5.73 Å². The number of amides is 2. The van der Waals surface area contributed by atoms with E-state index in [-0.39, 0.29) is 11.8 Å². The molecule has 4 N–H and O–H groups in total.